The van der Waals surface area contributed by atoms with E-state index in [2.05, 4.69) is 48.1 Å². The van der Waals surface area contributed by atoms with Gasteiger partial charge in [-0.25, -0.2) is 9.97 Å². The van der Waals surface area contributed by atoms with E-state index in [1.807, 2.05) is 10.6 Å². The lowest BCUT2D eigenvalue weighted by molar-refractivity contribution is 0.785. The fraction of sp³-hybridized carbons (Fsp3) is 0.333. The molecule has 0 unspecified atom stereocenters. The summed E-state index contributed by atoms with van der Waals surface area (Å²) in [5.41, 5.74) is 8.27. The van der Waals surface area contributed by atoms with Crippen molar-refractivity contribution in [2.24, 2.45) is 0 Å². The van der Waals surface area contributed by atoms with Gasteiger partial charge in [0.05, 0.1) is 6.54 Å². The van der Waals surface area contributed by atoms with Gasteiger partial charge in [-0.3, -0.25) is 4.57 Å². The predicted octanol–water partition coefficient (Wildman–Crippen LogP) is 3.48. The number of imidazole rings is 1. The fourth-order valence-electron chi connectivity index (χ4n) is 2.27. The predicted molar refractivity (Wildman–Crippen MR) is 99.2 cm³/mol. The quantitative estimate of drug-likeness (QED) is 0.367. The van der Waals surface area contributed by atoms with Gasteiger partial charge in [0.15, 0.2) is 21.7 Å². The average Bonchev–Trinajstić information content (AvgIpc) is 2.87. The second kappa shape index (κ2) is 7.31. The third-order valence-corrected chi connectivity index (χ3v) is 4.35. The molecular weight excluding hydrogens is 394 g/mol. The van der Waals surface area contributed by atoms with Crippen LogP contribution in [-0.2, 0) is 6.54 Å². The molecule has 7 nitrogen and oxygen atoms in total. The monoisotopic (exact) mass is 409 g/mol. The molecule has 0 saturated carbocycles. The lowest BCUT2D eigenvalue weighted by atomic mass is 10.3. The number of nitrogens with two attached hydrogens (primary N) is 1. The largest absolute Gasteiger partial charge is 0.382 e. The fourth-order valence-corrected chi connectivity index (χ4v) is 2.86. The van der Waals surface area contributed by atoms with Crippen LogP contribution in [-0.4, -0.2) is 31.0 Å². The molecule has 3 aromatic rings. The van der Waals surface area contributed by atoms with Gasteiger partial charge >= 0.3 is 0 Å². The lowest BCUT2D eigenvalue weighted by Gasteiger charge is -2.08. The molecule has 0 bridgehead atoms. The summed E-state index contributed by atoms with van der Waals surface area (Å²) in [6, 6.07) is 3.67. The number of hydrogen-bond donors (Lipinski definition) is 2. The molecule has 3 rings (SSSR count). The number of aromatic nitrogens is 5. The molecule has 3 heterocycles. The van der Waals surface area contributed by atoms with Crippen molar-refractivity contribution in [1.29, 1.82) is 0 Å². The normalized spacial score (nSPS) is 11.1. The molecule has 0 aliphatic carbocycles. The van der Waals surface area contributed by atoms with Crippen LogP contribution >= 0.6 is 27.5 Å². The highest BCUT2D eigenvalue weighted by molar-refractivity contribution is 9.10. The maximum atomic E-state index is 6.04. The summed E-state index contributed by atoms with van der Waals surface area (Å²) >= 11 is 9.30. The standard InChI is InChI=1S/C15H17BrClN7/c1-2-3-6-19-15-22-12(18)11-13(23-15)24(14(16)21-11)8-9-4-5-10(17)20-7-9/h4-5,7H,2-3,6,8H2,1H3,(H3,18,19,22,23). The Balaban J connectivity index is 1.96. The third-order valence-electron chi connectivity index (χ3n) is 3.52. The van der Waals surface area contributed by atoms with Gasteiger partial charge < -0.3 is 11.1 Å². The molecule has 126 valence electrons. The van der Waals surface area contributed by atoms with Crippen LogP contribution in [0, 0.1) is 0 Å². The Morgan fingerprint density at radius 3 is 2.83 bits per heavy atom. The third kappa shape index (κ3) is 3.59. The Morgan fingerprint density at radius 2 is 2.12 bits per heavy atom. The first-order valence-corrected chi connectivity index (χ1v) is 8.79. The molecule has 3 aromatic heterocycles. The minimum Gasteiger partial charge on any atom is -0.382 e. The van der Waals surface area contributed by atoms with Gasteiger partial charge in [-0.15, -0.1) is 0 Å². The van der Waals surface area contributed by atoms with Crippen molar-refractivity contribution in [3.05, 3.63) is 33.8 Å². The zero-order valence-corrected chi connectivity index (χ0v) is 15.5. The highest BCUT2D eigenvalue weighted by Gasteiger charge is 2.15. The Labute approximate surface area is 152 Å². The first kappa shape index (κ1) is 16.9. The number of nitrogens with zero attached hydrogens (tertiary/aromatic N) is 5. The maximum Gasteiger partial charge on any atom is 0.226 e. The Kier molecular flexibility index (Phi) is 5.15. The highest BCUT2D eigenvalue weighted by Crippen LogP contribution is 2.24. The van der Waals surface area contributed by atoms with E-state index in [-0.39, 0.29) is 0 Å². The first-order chi connectivity index (χ1) is 11.6. The number of pyridine rings is 1. The second-order valence-electron chi connectivity index (χ2n) is 5.34. The van der Waals surface area contributed by atoms with Crippen LogP contribution in [0.5, 0.6) is 0 Å². The van der Waals surface area contributed by atoms with Crippen molar-refractivity contribution in [3.63, 3.8) is 0 Å². The van der Waals surface area contributed by atoms with Gasteiger partial charge in [-0.2, -0.15) is 9.97 Å². The van der Waals surface area contributed by atoms with Crippen LogP contribution in [0.25, 0.3) is 11.2 Å². The van der Waals surface area contributed by atoms with Crippen LogP contribution in [0.3, 0.4) is 0 Å². The zero-order chi connectivity index (χ0) is 17.1. The minimum absolute atomic E-state index is 0.354. The van der Waals surface area contributed by atoms with E-state index in [0.717, 1.165) is 24.9 Å². The summed E-state index contributed by atoms with van der Waals surface area (Å²) in [5, 5.41) is 3.66. The van der Waals surface area contributed by atoms with Crippen molar-refractivity contribution in [3.8, 4) is 0 Å². The van der Waals surface area contributed by atoms with E-state index in [0.29, 0.717) is 39.4 Å². The van der Waals surface area contributed by atoms with Crippen LogP contribution in [0.1, 0.15) is 25.3 Å². The molecule has 0 fully saturated rings. The van der Waals surface area contributed by atoms with Crippen LogP contribution in [0.4, 0.5) is 11.8 Å². The Morgan fingerprint density at radius 1 is 1.29 bits per heavy atom. The highest BCUT2D eigenvalue weighted by atomic mass is 79.9. The van der Waals surface area contributed by atoms with E-state index in [1.54, 1.807) is 12.3 Å². The molecule has 0 radical (unpaired) electrons. The number of nitrogens with one attached hydrogen (secondary N) is 1. The number of nitrogen functional groups attached to an aromatic ring is 1. The minimum atomic E-state index is 0.354. The van der Waals surface area contributed by atoms with E-state index in [4.69, 9.17) is 17.3 Å². The smallest absolute Gasteiger partial charge is 0.226 e. The summed E-state index contributed by atoms with van der Waals surface area (Å²) in [7, 11) is 0. The molecule has 9 heteroatoms. The number of halogens is 2. The summed E-state index contributed by atoms with van der Waals surface area (Å²) in [6.45, 7) is 3.48. The molecule has 0 aliphatic heterocycles. The van der Waals surface area contributed by atoms with E-state index in [9.17, 15) is 0 Å². The number of anilines is 2. The molecule has 0 amide bonds. The number of fused-ring (bicyclic) bond motifs is 1. The van der Waals surface area contributed by atoms with Crippen molar-refractivity contribution in [2.75, 3.05) is 17.6 Å². The second-order valence-corrected chi connectivity index (χ2v) is 6.44. The van der Waals surface area contributed by atoms with Gasteiger partial charge in [0.25, 0.3) is 0 Å². The molecular formula is C15H17BrClN7. The summed E-state index contributed by atoms with van der Waals surface area (Å²) in [5.74, 6) is 0.865. The Hall–Kier alpha value is -1.93. The molecule has 0 aliphatic rings. The number of unbranched alkanes of at least 4 members (excludes halogenated alkanes) is 1. The van der Waals surface area contributed by atoms with Crippen LogP contribution in [0.2, 0.25) is 5.15 Å². The zero-order valence-electron chi connectivity index (χ0n) is 13.1. The average molecular weight is 411 g/mol. The van der Waals surface area contributed by atoms with E-state index >= 15 is 0 Å². The van der Waals surface area contributed by atoms with Gasteiger partial charge in [0.2, 0.25) is 5.95 Å². The SMILES string of the molecule is CCCCNc1nc(N)c2nc(Br)n(Cc3ccc(Cl)nc3)c2n1. The lowest BCUT2D eigenvalue weighted by Crippen LogP contribution is -2.09. The van der Waals surface area contributed by atoms with E-state index in [1.165, 1.54) is 0 Å². The summed E-state index contributed by atoms with van der Waals surface area (Å²) in [4.78, 5) is 17.4. The number of rotatable bonds is 6. The van der Waals surface area contributed by atoms with Crippen LogP contribution < -0.4 is 11.1 Å². The molecule has 0 saturated heterocycles. The Bertz CT molecular complexity index is 847. The maximum absolute atomic E-state index is 6.04. The van der Waals surface area contributed by atoms with E-state index < -0.39 is 0 Å². The molecule has 24 heavy (non-hydrogen) atoms. The van der Waals surface area contributed by atoms with Crippen LogP contribution in [0.15, 0.2) is 23.1 Å². The van der Waals surface area contributed by atoms with Gasteiger partial charge in [-0.05, 0) is 34.0 Å². The summed E-state index contributed by atoms with van der Waals surface area (Å²) < 4.78 is 2.56. The van der Waals surface area contributed by atoms with Gasteiger partial charge in [0, 0.05) is 12.7 Å². The molecule has 0 atom stereocenters. The first-order valence-electron chi connectivity index (χ1n) is 7.62. The van der Waals surface area contributed by atoms with Crippen molar-refractivity contribution in [1.82, 2.24) is 24.5 Å². The van der Waals surface area contributed by atoms with Crippen molar-refractivity contribution >= 4 is 50.5 Å². The van der Waals surface area contributed by atoms with Crippen molar-refractivity contribution < 1.29 is 0 Å². The molecule has 0 aromatic carbocycles. The van der Waals surface area contributed by atoms with Crippen molar-refractivity contribution in [2.45, 2.75) is 26.3 Å². The molecule has 3 N–H and O–H groups in total. The topological polar surface area (TPSA) is 94.5 Å². The molecule has 0 spiro atoms. The van der Waals surface area contributed by atoms with Gasteiger partial charge in [0.1, 0.15) is 5.15 Å². The summed E-state index contributed by atoms with van der Waals surface area (Å²) in [6.07, 6.45) is 3.87. The van der Waals surface area contributed by atoms with Gasteiger partial charge in [-0.1, -0.05) is 31.0 Å². The number of hydrogen-bond acceptors (Lipinski definition) is 6.